The molecule has 1 aromatic carbocycles. The van der Waals surface area contributed by atoms with Crippen LogP contribution >= 0.6 is 0 Å². The molecule has 2 rings (SSSR count). The standard InChI is InChI=1S/C19H23N3O4/c1-4-25-16-10-9-15(12-17(16)26-5-2)14(3)20-21-18(23)13-22-11-7-6-8-19(22)24/h6-12H,4-5,13H2,1-3H3,(H,21,23)/b20-14-. The number of amides is 1. The quantitative estimate of drug-likeness (QED) is 0.580. The maximum absolute atomic E-state index is 12.0. The Kier molecular flexibility index (Phi) is 6.96. The Labute approximate surface area is 152 Å². The minimum Gasteiger partial charge on any atom is -0.490 e. The van der Waals surface area contributed by atoms with Gasteiger partial charge in [-0.1, -0.05) is 6.07 Å². The van der Waals surface area contributed by atoms with Crippen LogP contribution in [0.2, 0.25) is 0 Å². The van der Waals surface area contributed by atoms with Gasteiger partial charge in [-0.05, 0) is 45.0 Å². The lowest BCUT2D eigenvalue weighted by Crippen LogP contribution is -2.29. The van der Waals surface area contributed by atoms with Crippen LogP contribution in [0.25, 0.3) is 0 Å². The first-order valence-corrected chi connectivity index (χ1v) is 8.43. The molecular weight excluding hydrogens is 334 g/mol. The molecule has 7 nitrogen and oxygen atoms in total. The zero-order valence-electron chi connectivity index (χ0n) is 15.2. The summed E-state index contributed by atoms with van der Waals surface area (Å²) in [6, 6.07) is 10.2. The third-order valence-electron chi connectivity index (χ3n) is 3.52. The van der Waals surface area contributed by atoms with Gasteiger partial charge in [0.2, 0.25) is 0 Å². The van der Waals surface area contributed by atoms with Gasteiger partial charge in [0.1, 0.15) is 6.54 Å². The van der Waals surface area contributed by atoms with Gasteiger partial charge in [-0.25, -0.2) is 5.43 Å². The third kappa shape index (κ3) is 5.20. The summed E-state index contributed by atoms with van der Waals surface area (Å²) in [5.41, 5.74) is 3.64. The van der Waals surface area contributed by atoms with Gasteiger partial charge in [0.15, 0.2) is 11.5 Å². The van der Waals surface area contributed by atoms with Crippen molar-refractivity contribution in [3.63, 3.8) is 0 Å². The highest BCUT2D eigenvalue weighted by Gasteiger charge is 2.09. The van der Waals surface area contributed by atoms with Gasteiger partial charge in [0, 0.05) is 17.8 Å². The van der Waals surface area contributed by atoms with Crippen molar-refractivity contribution in [2.75, 3.05) is 13.2 Å². The summed E-state index contributed by atoms with van der Waals surface area (Å²) in [6.07, 6.45) is 1.55. The van der Waals surface area contributed by atoms with Gasteiger partial charge >= 0.3 is 0 Å². The van der Waals surface area contributed by atoms with Crippen molar-refractivity contribution >= 4 is 11.6 Å². The van der Waals surface area contributed by atoms with Crippen LogP contribution in [-0.2, 0) is 11.3 Å². The molecule has 0 aliphatic carbocycles. The Morgan fingerprint density at radius 1 is 1.12 bits per heavy atom. The maximum Gasteiger partial charge on any atom is 0.260 e. The predicted molar refractivity (Wildman–Crippen MR) is 99.8 cm³/mol. The van der Waals surface area contributed by atoms with Crippen LogP contribution in [0.5, 0.6) is 11.5 Å². The SMILES string of the molecule is CCOc1ccc(/C(C)=N\NC(=O)Cn2ccccc2=O)cc1OCC. The van der Waals surface area contributed by atoms with Crippen LogP contribution in [0.3, 0.4) is 0 Å². The molecule has 138 valence electrons. The topological polar surface area (TPSA) is 81.9 Å². The van der Waals surface area contributed by atoms with E-state index in [-0.39, 0.29) is 18.0 Å². The Morgan fingerprint density at radius 3 is 2.54 bits per heavy atom. The Morgan fingerprint density at radius 2 is 1.85 bits per heavy atom. The summed E-state index contributed by atoms with van der Waals surface area (Å²) in [5, 5.41) is 4.10. The minimum atomic E-state index is -0.381. The molecular formula is C19H23N3O4. The first-order valence-electron chi connectivity index (χ1n) is 8.43. The Hall–Kier alpha value is -3.09. The van der Waals surface area contributed by atoms with Gasteiger partial charge in [0.25, 0.3) is 11.5 Å². The van der Waals surface area contributed by atoms with Gasteiger partial charge in [-0.15, -0.1) is 0 Å². The zero-order valence-corrected chi connectivity index (χ0v) is 15.2. The van der Waals surface area contributed by atoms with Crippen molar-refractivity contribution in [1.82, 2.24) is 9.99 Å². The zero-order chi connectivity index (χ0) is 18.9. The highest BCUT2D eigenvalue weighted by Crippen LogP contribution is 2.28. The molecule has 0 aliphatic heterocycles. The number of aromatic nitrogens is 1. The highest BCUT2D eigenvalue weighted by atomic mass is 16.5. The van der Waals surface area contributed by atoms with E-state index in [9.17, 15) is 9.59 Å². The van der Waals surface area contributed by atoms with E-state index in [1.165, 1.54) is 10.6 Å². The molecule has 0 fully saturated rings. The van der Waals surface area contributed by atoms with E-state index in [1.807, 2.05) is 32.0 Å². The van der Waals surface area contributed by atoms with E-state index in [0.29, 0.717) is 30.4 Å². The molecule has 0 spiro atoms. The van der Waals surface area contributed by atoms with E-state index >= 15 is 0 Å². The van der Waals surface area contributed by atoms with E-state index in [0.717, 1.165) is 5.56 Å². The second kappa shape index (κ2) is 9.41. The van der Waals surface area contributed by atoms with E-state index in [2.05, 4.69) is 10.5 Å². The fourth-order valence-corrected chi connectivity index (χ4v) is 2.27. The molecule has 1 heterocycles. The summed E-state index contributed by atoms with van der Waals surface area (Å²) < 4.78 is 12.4. The van der Waals surface area contributed by atoms with Crippen LogP contribution in [0.4, 0.5) is 0 Å². The van der Waals surface area contributed by atoms with Crippen molar-refractivity contribution in [3.8, 4) is 11.5 Å². The number of nitrogens with one attached hydrogen (secondary N) is 1. The number of hydrazone groups is 1. The largest absolute Gasteiger partial charge is 0.490 e. The van der Waals surface area contributed by atoms with Crippen LogP contribution < -0.4 is 20.5 Å². The average molecular weight is 357 g/mol. The van der Waals surface area contributed by atoms with Gasteiger partial charge in [-0.3, -0.25) is 9.59 Å². The molecule has 0 unspecified atom stereocenters. The number of hydrogen-bond acceptors (Lipinski definition) is 5. The van der Waals surface area contributed by atoms with E-state index < -0.39 is 0 Å². The summed E-state index contributed by atoms with van der Waals surface area (Å²) in [4.78, 5) is 23.6. The molecule has 1 N–H and O–H groups in total. The maximum atomic E-state index is 12.0. The first kappa shape index (κ1) is 19.2. The highest BCUT2D eigenvalue weighted by molar-refractivity contribution is 5.99. The van der Waals surface area contributed by atoms with Crippen molar-refractivity contribution in [2.45, 2.75) is 27.3 Å². The van der Waals surface area contributed by atoms with E-state index in [1.54, 1.807) is 25.3 Å². The molecule has 7 heteroatoms. The number of carbonyl (C=O) groups is 1. The summed E-state index contributed by atoms with van der Waals surface area (Å²) in [7, 11) is 0. The fraction of sp³-hybridized carbons (Fsp3) is 0.316. The second-order valence-corrected chi connectivity index (χ2v) is 5.43. The average Bonchev–Trinajstić information content (AvgIpc) is 2.63. The minimum absolute atomic E-state index is 0.0933. The molecule has 0 saturated carbocycles. The number of rotatable bonds is 8. The first-order chi connectivity index (χ1) is 12.5. The van der Waals surface area contributed by atoms with Crippen LogP contribution in [0.15, 0.2) is 52.5 Å². The second-order valence-electron chi connectivity index (χ2n) is 5.43. The van der Waals surface area contributed by atoms with Crippen molar-refractivity contribution in [2.24, 2.45) is 5.10 Å². The van der Waals surface area contributed by atoms with Crippen LogP contribution in [0, 0.1) is 0 Å². The molecule has 0 atom stereocenters. The molecule has 0 aliphatic rings. The lowest BCUT2D eigenvalue weighted by molar-refractivity contribution is -0.121. The number of carbonyl (C=O) groups excluding carboxylic acids is 1. The van der Waals surface area contributed by atoms with Crippen molar-refractivity contribution < 1.29 is 14.3 Å². The summed E-state index contributed by atoms with van der Waals surface area (Å²) in [5.74, 6) is 0.913. The lowest BCUT2D eigenvalue weighted by atomic mass is 10.1. The van der Waals surface area contributed by atoms with Gasteiger partial charge in [0.05, 0.1) is 18.9 Å². The van der Waals surface area contributed by atoms with Crippen LogP contribution in [-0.4, -0.2) is 29.4 Å². The smallest absolute Gasteiger partial charge is 0.260 e. The fourth-order valence-electron chi connectivity index (χ4n) is 2.27. The van der Waals surface area contributed by atoms with Gasteiger partial charge < -0.3 is 14.0 Å². The normalized spacial score (nSPS) is 11.1. The summed E-state index contributed by atoms with van der Waals surface area (Å²) in [6.45, 7) is 6.55. The molecule has 1 aromatic heterocycles. The van der Waals surface area contributed by atoms with Crippen molar-refractivity contribution in [1.29, 1.82) is 0 Å². The summed E-state index contributed by atoms with van der Waals surface area (Å²) >= 11 is 0. The number of nitrogens with zero attached hydrogens (tertiary/aromatic N) is 2. The molecule has 0 saturated heterocycles. The Balaban J connectivity index is 2.08. The molecule has 26 heavy (non-hydrogen) atoms. The predicted octanol–water partition coefficient (Wildman–Crippen LogP) is 2.19. The number of benzene rings is 1. The number of ether oxygens (including phenoxy) is 2. The molecule has 0 bridgehead atoms. The number of hydrogen-bond donors (Lipinski definition) is 1. The lowest BCUT2D eigenvalue weighted by Gasteiger charge is -2.12. The Bertz CT molecular complexity index is 843. The molecule has 1 amide bonds. The number of pyridine rings is 1. The third-order valence-corrected chi connectivity index (χ3v) is 3.52. The van der Waals surface area contributed by atoms with Crippen molar-refractivity contribution in [3.05, 3.63) is 58.5 Å². The monoisotopic (exact) mass is 357 g/mol. The molecule has 2 aromatic rings. The molecule has 0 radical (unpaired) electrons. The van der Waals surface area contributed by atoms with Crippen LogP contribution in [0.1, 0.15) is 26.3 Å². The van der Waals surface area contributed by atoms with E-state index in [4.69, 9.17) is 9.47 Å². The van der Waals surface area contributed by atoms with Gasteiger partial charge in [-0.2, -0.15) is 5.10 Å².